The summed E-state index contributed by atoms with van der Waals surface area (Å²) in [7, 11) is 0. The second-order valence-corrected chi connectivity index (χ2v) is 7.33. The van der Waals surface area contributed by atoms with Crippen LogP contribution in [0, 0.1) is 17.3 Å². The van der Waals surface area contributed by atoms with Crippen molar-refractivity contribution in [3.05, 3.63) is 0 Å². The number of likely N-dealkylation sites (tertiary alicyclic amines) is 1. The average Bonchev–Trinajstić information content (AvgIpc) is 2.37. The Balaban J connectivity index is 1.45. The minimum absolute atomic E-state index is 0.660. The van der Waals surface area contributed by atoms with Crippen molar-refractivity contribution in [3.63, 3.8) is 0 Å². The Morgan fingerprint density at radius 2 is 1.61 bits per heavy atom. The van der Waals surface area contributed by atoms with Crippen molar-refractivity contribution in [1.82, 2.24) is 4.90 Å². The van der Waals surface area contributed by atoms with Gasteiger partial charge in [0.05, 0.1) is 0 Å². The molecule has 3 fully saturated rings. The molecule has 2 heterocycles. The molecule has 0 bridgehead atoms. The summed E-state index contributed by atoms with van der Waals surface area (Å²) in [6, 6.07) is 0.911. The van der Waals surface area contributed by atoms with E-state index in [1.807, 2.05) is 0 Å². The minimum Gasteiger partial charge on any atom is -0.381 e. The van der Waals surface area contributed by atoms with Crippen LogP contribution in [-0.4, -0.2) is 37.2 Å². The Morgan fingerprint density at radius 1 is 1.00 bits per heavy atom. The van der Waals surface area contributed by atoms with Gasteiger partial charge in [0.1, 0.15) is 0 Å². The predicted octanol–water partition coefficient (Wildman–Crippen LogP) is 3.31. The van der Waals surface area contributed by atoms with Crippen LogP contribution in [0.1, 0.15) is 52.4 Å². The van der Waals surface area contributed by atoms with Gasteiger partial charge >= 0.3 is 0 Å². The van der Waals surface area contributed by atoms with E-state index >= 15 is 0 Å². The molecule has 0 atom stereocenters. The first-order valence-electron chi connectivity index (χ1n) is 8.00. The highest BCUT2D eigenvalue weighted by atomic mass is 16.5. The highest BCUT2D eigenvalue weighted by Crippen LogP contribution is 2.43. The van der Waals surface area contributed by atoms with Gasteiger partial charge in [-0.15, -0.1) is 0 Å². The Hall–Kier alpha value is -0.0800. The normalized spacial score (nSPS) is 36.8. The van der Waals surface area contributed by atoms with Crippen molar-refractivity contribution < 1.29 is 4.74 Å². The molecule has 0 aromatic heterocycles. The standard InChI is InChI=1S/C16H29NO/c1-13(2)14-3-5-15(6-4-14)17-11-16(12-17)7-9-18-10-8-16/h13-15H,3-12H2,1-2H3. The van der Waals surface area contributed by atoms with Gasteiger partial charge in [-0.1, -0.05) is 13.8 Å². The Kier molecular flexibility index (Phi) is 3.68. The van der Waals surface area contributed by atoms with E-state index in [2.05, 4.69) is 18.7 Å². The third-order valence-corrected chi connectivity index (χ3v) is 5.83. The maximum atomic E-state index is 5.50. The van der Waals surface area contributed by atoms with Crippen LogP contribution in [0.2, 0.25) is 0 Å². The fraction of sp³-hybridized carbons (Fsp3) is 1.00. The van der Waals surface area contributed by atoms with Gasteiger partial charge < -0.3 is 4.74 Å². The molecule has 2 saturated heterocycles. The molecule has 2 nitrogen and oxygen atoms in total. The molecular weight excluding hydrogens is 222 g/mol. The first-order chi connectivity index (χ1) is 8.69. The molecule has 3 rings (SSSR count). The lowest BCUT2D eigenvalue weighted by Crippen LogP contribution is -2.61. The van der Waals surface area contributed by atoms with Gasteiger partial charge in [0.25, 0.3) is 0 Å². The molecule has 3 aliphatic rings. The van der Waals surface area contributed by atoms with Gasteiger partial charge in [0, 0.05) is 37.8 Å². The molecule has 0 N–H and O–H groups in total. The summed E-state index contributed by atoms with van der Waals surface area (Å²) >= 11 is 0. The van der Waals surface area contributed by atoms with E-state index in [0.717, 1.165) is 31.1 Å². The summed E-state index contributed by atoms with van der Waals surface area (Å²) in [5.74, 6) is 1.89. The minimum atomic E-state index is 0.660. The van der Waals surface area contributed by atoms with Crippen molar-refractivity contribution in [3.8, 4) is 0 Å². The summed E-state index contributed by atoms with van der Waals surface area (Å²) in [6.45, 7) is 9.54. The molecule has 2 aliphatic heterocycles. The van der Waals surface area contributed by atoms with Crippen molar-refractivity contribution in [1.29, 1.82) is 0 Å². The van der Waals surface area contributed by atoms with Gasteiger partial charge in [-0.3, -0.25) is 4.90 Å². The number of rotatable bonds is 2. The van der Waals surface area contributed by atoms with Gasteiger partial charge in [-0.05, 0) is 50.4 Å². The number of nitrogens with zero attached hydrogens (tertiary/aromatic N) is 1. The molecule has 18 heavy (non-hydrogen) atoms. The molecule has 0 amide bonds. The maximum absolute atomic E-state index is 5.50. The summed E-state index contributed by atoms with van der Waals surface area (Å²) in [4.78, 5) is 2.78. The second kappa shape index (κ2) is 5.13. The molecule has 1 aliphatic carbocycles. The lowest BCUT2D eigenvalue weighted by atomic mass is 9.71. The topological polar surface area (TPSA) is 12.5 Å². The summed E-state index contributed by atoms with van der Waals surface area (Å²) in [5, 5.41) is 0. The molecule has 0 aromatic rings. The van der Waals surface area contributed by atoms with E-state index in [1.165, 1.54) is 51.6 Å². The lowest BCUT2D eigenvalue weighted by molar-refractivity contribution is -0.104. The van der Waals surface area contributed by atoms with Crippen LogP contribution in [-0.2, 0) is 4.74 Å². The molecule has 1 saturated carbocycles. The van der Waals surface area contributed by atoms with Gasteiger partial charge in [-0.2, -0.15) is 0 Å². The van der Waals surface area contributed by atoms with E-state index < -0.39 is 0 Å². The molecule has 0 aromatic carbocycles. The van der Waals surface area contributed by atoms with Crippen LogP contribution in [0.4, 0.5) is 0 Å². The van der Waals surface area contributed by atoms with Gasteiger partial charge in [0.2, 0.25) is 0 Å². The van der Waals surface area contributed by atoms with Crippen molar-refractivity contribution in [2.75, 3.05) is 26.3 Å². The van der Waals surface area contributed by atoms with Crippen molar-refractivity contribution >= 4 is 0 Å². The Morgan fingerprint density at radius 3 is 2.17 bits per heavy atom. The molecule has 0 radical (unpaired) electrons. The van der Waals surface area contributed by atoms with Gasteiger partial charge in [0.15, 0.2) is 0 Å². The second-order valence-electron chi connectivity index (χ2n) is 7.33. The highest BCUT2D eigenvalue weighted by molar-refractivity contribution is 4.99. The molecule has 104 valence electrons. The summed E-state index contributed by atoms with van der Waals surface area (Å²) in [6.07, 6.45) is 8.46. The fourth-order valence-electron chi connectivity index (χ4n) is 4.33. The number of hydrogen-bond donors (Lipinski definition) is 0. The van der Waals surface area contributed by atoms with E-state index in [0.29, 0.717) is 5.41 Å². The van der Waals surface area contributed by atoms with E-state index in [9.17, 15) is 0 Å². The number of hydrogen-bond acceptors (Lipinski definition) is 2. The van der Waals surface area contributed by atoms with Crippen molar-refractivity contribution in [2.24, 2.45) is 17.3 Å². The Labute approximate surface area is 112 Å². The van der Waals surface area contributed by atoms with E-state index in [4.69, 9.17) is 4.74 Å². The average molecular weight is 251 g/mol. The zero-order chi connectivity index (χ0) is 12.6. The monoisotopic (exact) mass is 251 g/mol. The van der Waals surface area contributed by atoms with Crippen LogP contribution in [0.3, 0.4) is 0 Å². The molecule has 2 heteroatoms. The smallest absolute Gasteiger partial charge is 0.0472 e. The Bertz CT molecular complexity index is 267. The zero-order valence-corrected chi connectivity index (χ0v) is 12.2. The van der Waals surface area contributed by atoms with Crippen LogP contribution in [0.15, 0.2) is 0 Å². The van der Waals surface area contributed by atoms with Crippen LogP contribution in [0.5, 0.6) is 0 Å². The third kappa shape index (κ3) is 2.46. The molecule has 0 unspecified atom stereocenters. The molecular formula is C16H29NO. The van der Waals surface area contributed by atoms with Crippen LogP contribution in [0.25, 0.3) is 0 Å². The first kappa shape index (κ1) is 12.9. The fourth-order valence-corrected chi connectivity index (χ4v) is 4.33. The van der Waals surface area contributed by atoms with E-state index in [-0.39, 0.29) is 0 Å². The first-order valence-corrected chi connectivity index (χ1v) is 8.00. The van der Waals surface area contributed by atoms with Crippen LogP contribution >= 0.6 is 0 Å². The molecule has 1 spiro atoms. The third-order valence-electron chi connectivity index (χ3n) is 5.83. The summed E-state index contributed by atoms with van der Waals surface area (Å²) < 4.78 is 5.50. The predicted molar refractivity (Wildman–Crippen MR) is 74.6 cm³/mol. The van der Waals surface area contributed by atoms with E-state index in [1.54, 1.807) is 0 Å². The van der Waals surface area contributed by atoms with Crippen molar-refractivity contribution in [2.45, 2.75) is 58.4 Å². The maximum Gasteiger partial charge on any atom is 0.0472 e. The van der Waals surface area contributed by atoms with Crippen LogP contribution < -0.4 is 0 Å². The summed E-state index contributed by atoms with van der Waals surface area (Å²) in [5.41, 5.74) is 0.660. The van der Waals surface area contributed by atoms with Gasteiger partial charge in [-0.25, -0.2) is 0 Å². The largest absolute Gasteiger partial charge is 0.381 e. The zero-order valence-electron chi connectivity index (χ0n) is 12.2. The quantitative estimate of drug-likeness (QED) is 0.746. The number of ether oxygens (including phenoxy) is 1. The SMILES string of the molecule is CC(C)C1CCC(N2CC3(CCOCC3)C2)CC1. The lowest BCUT2D eigenvalue weighted by Gasteiger charge is -2.56. The highest BCUT2D eigenvalue weighted by Gasteiger charge is 2.46.